The lowest BCUT2D eigenvalue weighted by molar-refractivity contribution is -0.0295. The highest BCUT2D eigenvalue weighted by Crippen LogP contribution is 2.30. The Morgan fingerprint density at radius 1 is 0.352 bits per heavy atom. The number of carbonyl (C=O) groups excluding carboxylic acids is 5. The van der Waals surface area contributed by atoms with Gasteiger partial charge in [-0.2, -0.15) is 0 Å². The van der Waals surface area contributed by atoms with Gasteiger partial charge in [0.25, 0.3) is 0 Å². The summed E-state index contributed by atoms with van der Waals surface area (Å²) >= 11 is 0. The molecule has 0 amide bonds. The summed E-state index contributed by atoms with van der Waals surface area (Å²) in [6, 6.07) is 7.15. The van der Waals surface area contributed by atoms with E-state index < -0.39 is 58.8 Å². The molecule has 0 spiro atoms. The second-order valence-electron chi connectivity index (χ2n) is 16.1. The summed E-state index contributed by atoms with van der Waals surface area (Å²) < 4.78 is 44.4. The number of carbonyl (C=O) groups is 5. The molecule has 0 heterocycles. The smallest absolute Gasteiger partial charge is 0.508 e. The van der Waals surface area contributed by atoms with Gasteiger partial charge in [0, 0.05) is 36.4 Å². The molecule has 3 N–H and O–H groups in total. The molecule has 0 unspecified atom stereocenters. The molecule has 54 heavy (non-hydrogen) atoms. The molecule has 17 heteroatoms. The maximum absolute atomic E-state index is 12.0. The Labute approximate surface area is 315 Å². The van der Waals surface area contributed by atoms with Gasteiger partial charge in [-0.15, -0.1) is 0 Å². The Morgan fingerprint density at radius 2 is 0.537 bits per heavy atom. The van der Waals surface area contributed by atoms with Gasteiger partial charge >= 0.3 is 30.8 Å². The average Bonchev–Trinajstić information content (AvgIpc) is 2.82. The van der Waals surface area contributed by atoms with Gasteiger partial charge < -0.3 is 58.0 Å². The quantitative estimate of drug-likeness (QED) is 0.114. The largest absolute Gasteiger partial charge is 0.519 e. The molecule has 0 fully saturated rings. The fraction of sp³-hybridized carbons (Fsp3) is 0.541. The van der Waals surface area contributed by atoms with Gasteiger partial charge in [0.2, 0.25) is 0 Å². The van der Waals surface area contributed by atoms with Crippen molar-refractivity contribution in [3.05, 3.63) is 36.4 Å². The van der Waals surface area contributed by atoms with Crippen LogP contribution in [0.2, 0.25) is 0 Å². The fourth-order valence-corrected chi connectivity index (χ4v) is 3.01. The molecule has 2 aromatic carbocycles. The van der Waals surface area contributed by atoms with Crippen LogP contribution in [-0.2, 0) is 28.4 Å². The van der Waals surface area contributed by atoms with Crippen molar-refractivity contribution in [1.29, 1.82) is 0 Å². The second-order valence-corrected chi connectivity index (χ2v) is 16.1. The van der Waals surface area contributed by atoms with Gasteiger partial charge in [0.05, 0.1) is 0 Å². The van der Waals surface area contributed by atoms with Crippen LogP contribution in [0, 0.1) is 0 Å². The van der Waals surface area contributed by atoms with Crippen molar-refractivity contribution in [2.75, 3.05) is 0 Å². The van der Waals surface area contributed by atoms with E-state index in [1.54, 1.807) is 104 Å². The number of benzene rings is 2. The second kappa shape index (κ2) is 19.5. The van der Waals surface area contributed by atoms with E-state index in [0.29, 0.717) is 0 Å². The summed E-state index contributed by atoms with van der Waals surface area (Å²) in [7, 11) is 0. The molecular formula is C37H54O17. The molecule has 0 saturated heterocycles. The summed E-state index contributed by atoms with van der Waals surface area (Å²) in [5, 5.41) is 26.0. The van der Waals surface area contributed by atoms with Gasteiger partial charge in [-0.1, -0.05) is 0 Å². The first-order valence-electron chi connectivity index (χ1n) is 16.3. The number of ether oxygens (including phenoxy) is 9. The minimum Gasteiger partial charge on any atom is -0.508 e. The van der Waals surface area contributed by atoms with Gasteiger partial charge in [-0.25, -0.2) is 24.0 Å². The van der Waals surface area contributed by atoms with Crippen LogP contribution in [0.1, 0.15) is 104 Å². The molecule has 0 aliphatic heterocycles. The number of phenols is 3. The third kappa shape index (κ3) is 27.1. The summed E-state index contributed by atoms with van der Waals surface area (Å²) in [4.78, 5) is 57.9. The molecule has 0 bridgehead atoms. The first kappa shape index (κ1) is 48.4. The average molecular weight is 771 g/mol. The Balaban J connectivity index is 0.000000959. The van der Waals surface area contributed by atoms with Gasteiger partial charge in [-0.05, 0) is 104 Å². The first-order valence-corrected chi connectivity index (χ1v) is 16.3. The van der Waals surface area contributed by atoms with E-state index in [4.69, 9.17) is 53.2 Å². The molecule has 304 valence electrons. The third-order valence-electron chi connectivity index (χ3n) is 4.46. The number of phenolic OH excluding ortho intramolecular Hbond substituents is 3. The summed E-state index contributed by atoms with van der Waals surface area (Å²) in [6.45, 7) is 25.1. The zero-order valence-electron chi connectivity index (χ0n) is 33.5. The highest BCUT2D eigenvalue weighted by molar-refractivity contribution is 5.77. The lowest BCUT2D eigenvalue weighted by atomic mass is 10.2. The highest BCUT2D eigenvalue weighted by Gasteiger charge is 2.25. The van der Waals surface area contributed by atoms with Crippen LogP contribution < -0.4 is 14.2 Å². The van der Waals surface area contributed by atoms with Crippen molar-refractivity contribution in [2.45, 2.75) is 132 Å². The summed E-state index contributed by atoms with van der Waals surface area (Å²) in [5.41, 5.74) is -3.73. The first-order chi connectivity index (χ1) is 24.1. The fourth-order valence-electron chi connectivity index (χ4n) is 3.01. The molecule has 0 radical (unpaired) electrons. The highest BCUT2D eigenvalue weighted by atomic mass is 16.8. The zero-order chi connectivity index (χ0) is 42.5. The Hall–Kier alpha value is -5.61. The monoisotopic (exact) mass is 770 g/mol. The third-order valence-corrected chi connectivity index (χ3v) is 4.46. The lowest BCUT2D eigenvalue weighted by Gasteiger charge is -2.20. The van der Waals surface area contributed by atoms with Crippen LogP contribution in [0.3, 0.4) is 0 Å². The standard InChI is InChI=1S/C21H30O9.C10H18O5.C6H6O3/c1-19(2,3)28-16(22)25-13-10-14(26-17(23)29-20(4,5)6)12-15(11-13)27-18(24)30-21(7,8)9;1-9(2,3)14-7(11)13-8(12)15-10(4,5)6;7-4-1-5(8)3-6(9)2-4/h10-12H,1-9H3;1-6H3;1-3,7-9H. The van der Waals surface area contributed by atoms with E-state index in [9.17, 15) is 24.0 Å². The van der Waals surface area contributed by atoms with Crippen molar-refractivity contribution in [3.8, 4) is 34.5 Å². The predicted octanol–water partition coefficient (Wildman–Crippen LogP) is 9.30. The number of aromatic hydroxyl groups is 3. The van der Waals surface area contributed by atoms with Gasteiger partial charge in [-0.3, -0.25) is 0 Å². The number of hydrogen-bond donors (Lipinski definition) is 3. The SMILES string of the molecule is CC(C)(C)OC(=O)OC(=O)OC(C)(C)C.CC(C)(C)OC(=O)Oc1cc(OC(=O)OC(C)(C)C)cc(OC(=O)OC(C)(C)C)c1.Oc1cc(O)cc(O)c1. The number of rotatable bonds is 3. The predicted molar refractivity (Wildman–Crippen MR) is 192 cm³/mol. The normalized spacial score (nSPS) is 11.5. The van der Waals surface area contributed by atoms with E-state index in [1.165, 1.54) is 18.2 Å². The Kier molecular flexibility index (Phi) is 17.4. The summed E-state index contributed by atoms with van der Waals surface area (Å²) in [6.07, 6.45) is -5.08. The Morgan fingerprint density at radius 3 is 0.722 bits per heavy atom. The molecule has 2 aromatic rings. The van der Waals surface area contributed by atoms with Gasteiger partial charge in [0.1, 0.15) is 62.5 Å². The molecular weight excluding hydrogens is 716 g/mol. The maximum atomic E-state index is 12.0. The van der Waals surface area contributed by atoms with E-state index in [1.807, 2.05) is 0 Å². The van der Waals surface area contributed by atoms with Crippen LogP contribution in [-0.4, -0.2) is 74.1 Å². The van der Waals surface area contributed by atoms with E-state index in [0.717, 1.165) is 18.2 Å². The zero-order valence-corrected chi connectivity index (χ0v) is 33.5. The summed E-state index contributed by atoms with van der Waals surface area (Å²) in [5.74, 6) is -0.677. The minimum atomic E-state index is -1.06. The Bertz CT molecular complexity index is 1380. The van der Waals surface area contributed by atoms with Crippen molar-refractivity contribution >= 4 is 30.8 Å². The van der Waals surface area contributed by atoms with Crippen LogP contribution in [0.4, 0.5) is 24.0 Å². The molecule has 17 nitrogen and oxygen atoms in total. The van der Waals surface area contributed by atoms with Crippen LogP contribution in [0.15, 0.2) is 36.4 Å². The van der Waals surface area contributed by atoms with Gasteiger partial charge in [0.15, 0.2) is 0 Å². The van der Waals surface area contributed by atoms with Crippen molar-refractivity contribution < 1.29 is 81.9 Å². The van der Waals surface area contributed by atoms with E-state index >= 15 is 0 Å². The molecule has 0 atom stereocenters. The van der Waals surface area contributed by atoms with Crippen LogP contribution in [0.25, 0.3) is 0 Å². The minimum absolute atomic E-state index is 0.0798. The molecule has 0 aliphatic rings. The van der Waals surface area contributed by atoms with Crippen LogP contribution >= 0.6 is 0 Å². The molecule has 0 saturated carbocycles. The van der Waals surface area contributed by atoms with Crippen molar-refractivity contribution in [2.24, 2.45) is 0 Å². The van der Waals surface area contributed by atoms with E-state index in [2.05, 4.69) is 4.74 Å². The molecule has 0 aliphatic carbocycles. The van der Waals surface area contributed by atoms with E-state index in [-0.39, 0.29) is 34.5 Å². The number of hydrogen-bond acceptors (Lipinski definition) is 17. The topological polar surface area (TPSA) is 229 Å². The van der Waals surface area contributed by atoms with Crippen molar-refractivity contribution in [1.82, 2.24) is 0 Å². The van der Waals surface area contributed by atoms with Crippen molar-refractivity contribution in [3.63, 3.8) is 0 Å². The van der Waals surface area contributed by atoms with Crippen LogP contribution in [0.5, 0.6) is 34.5 Å². The molecule has 2 rings (SSSR count). The maximum Gasteiger partial charge on any atom is 0.519 e. The molecule has 0 aromatic heterocycles. The lowest BCUT2D eigenvalue weighted by Crippen LogP contribution is -2.29.